The third-order valence-electron chi connectivity index (χ3n) is 7.55. The Hall–Kier alpha value is -4.23. The first-order chi connectivity index (χ1) is 19.5. The molecule has 6 nitrogen and oxygen atoms in total. The van der Waals surface area contributed by atoms with Gasteiger partial charge >= 0.3 is 0 Å². The maximum absolute atomic E-state index is 13.3. The number of rotatable bonds is 9. The van der Waals surface area contributed by atoms with Gasteiger partial charge in [0.05, 0.1) is 17.5 Å². The van der Waals surface area contributed by atoms with Crippen molar-refractivity contribution in [2.24, 2.45) is 5.92 Å². The van der Waals surface area contributed by atoms with Crippen LogP contribution in [-0.2, 0) is 16.6 Å². The second kappa shape index (κ2) is 11.1. The van der Waals surface area contributed by atoms with E-state index < -0.39 is 10.0 Å². The van der Waals surface area contributed by atoms with Gasteiger partial charge in [-0.2, -0.15) is 0 Å². The van der Waals surface area contributed by atoms with Gasteiger partial charge in [0.2, 0.25) is 0 Å². The van der Waals surface area contributed by atoms with Crippen LogP contribution in [0.2, 0.25) is 0 Å². The summed E-state index contributed by atoms with van der Waals surface area (Å²) in [5.74, 6) is 1.96. The summed E-state index contributed by atoms with van der Waals surface area (Å²) >= 11 is 0. The van der Waals surface area contributed by atoms with Crippen molar-refractivity contribution in [3.05, 3.63) is 126 Å². The molecule has 0 spiro atoms. The van der Waals surface area contributed by atoms with E-state index >= 15 is 0 Å². The summed E-state index contributed by atoms with van der Waals surface area (Å²) in [6.45, 7) is 3.00. The van der Waals surface area contributed by atoms with Crippen molar-refractivity contribution in [1.82, 2.24) is 0 Å². The third-order valence-corrected chi connectivity index (χ3v) is 8.93. The highest BCUT2D eigenvalue weighted by atomic mass is 32.2. The number of benzene rings is 4. The molecule has 2 N–H and O–H groups in total. The van der Waals surface area contributed by atoms with E-state index in [1.165, 1.54) is 5.56 Å². The summed E-state index contributed by atoms with van der Waals surface area (Å²) in [5, 5.41) is 3.70. The summed E-state index contributed by atoms with van der Waals surface area (Å²) in [4.78, 5) is 0.249. The second-order valence-corrected chi connectivity index (χ2v) is 11.8. The Kier molecular flexibility index (Phi) is 7.22. The van der Waals surface area contributed by atoms with E-state index in [-0.39, 0.29) is 16.9 Å². The zero-order chi connectivity index (χ0) is 27.5. The first-order valence-electron chi connectivity index (χ1n) is 13.6. The number of fused-ring (bicyclic) bond motifs is 3. The molecule has 0 saturated carbocycles. The number of allylic oxidation sites excluding steroid dienone is 2. The van der Waals surface area contributed by atoms with E-state index in [2.05, 4.69) is 46.5 Å². The highest BCUT2D eigenvalue weighted by Crippen LogP contribution is 2.50. The number of hydrogen-bond donors (Lipinski definition) is 2. The van der Waals surface area contributed by atoms with Crippen LogP contribution in [0, 0.1) is 5.92 Å². The maximum atomic E-state index is 13.3. The first kappa shape index (κ1) is 26.0. The van der Waals surface area contributed by atoms with Crippen LogP contribution in [0.25, 0.3) is 0 Å². The second-order valence-electron chi connectivity index (χ2n) is 10.1. The van der Waals surface area contributed by atoms with Crippen LogP contribution in [0.15, 0.2) is 114 Å². The van der Waals surface area contributed by atoms with Crippen LogP contribution in [0.1, 0.15) is 42.0 Å². The van der Waals surface area contributed by atoms with Gasteiger partial charge in [-0.1, -0.05) is 54.6 Å². The average molecular weight is 553 g/mol. The van der Waals surface area contributed by atoms with Crippen molar-refractivity contribution in [2.75, 3.05) is 16.6 Å². The topological polar surface area (TPSA) is 76.7 Å². The Balaban J connectivity index is 1.19. The summed E-state index contributed by atoms with van der Waals surface area (Å²) in [6, 6.07) is 30.8. The minimum absolute atomic E-state index is 0.111. The molecular formula is C33H32N2O4S. The number of hydrogen-bond acceptors (Lipinski definition) is 5. The van der Waals surface area contributed by atoms with Crippen LogP contribution in [-0.4, -0.2) is 15.0 Å². The minimum Gasteiger partial charge on any atom is -0.494 e. The van der Waals surface area contributed by atoms with Crippen molar-refractivity contribution in [3.63, 3.8) is 0 Å². The maximum Gasteiger partial charge on any atom is 0.261 e. The predicted molar refractivity (Wildman–Crippen MR) is 158 cm³/mol. The van der Waals surface area contributed by atoms with Crippen molar-refractivity contribution in [3.8, 4) is 11.5 Å². The molecule has 6 rings (SSSR count). The van der Waals surface area contributed by atoms with Gasteiger partial charge < -0.3 is 14.8 Å². The molecule has 3 atom stereocenters. The molecule has 0 aromatic heterocycles. The molecule has 3 unspecified atom stereocenters. The fourth-order valence-electron chi connectivity index (χ4n) is 5.58. The van der Waals surface area contributed by atoms with Crippen LogP contribution >= 0.6 is 0 Å². The van der Waals surface area contributed by atoms with Crippen LogP contribution in [0.3, 0.4) is 0 Å². The monoisotopic (exact) mass is 552 g/mol. The fraction of sp³-hybridized carbons (Fsp3) is 0.212. The van der Waals surface area contributed by atoms with Gasteiger partial charge in [0.15, 0.2) is 0 Å². The molecule has 1 aliphatic heterocycles. The molecule has 1 aliphatic carbocycles. The van der Waals surface area contributed by atoms with Crippen molar-refractivity contribution in [1.29, 1.82) is 0 Å². The third kappa shape index (κ3) is 5.42. The Morgan fingerprint density at radius 2 is 1.60 bits per heavy atom. The van der Waals surface area contributed by atoms with Crippen molar-refractivity contribution in [2.45, 2.75) is 36.8 Å². The molecule has 1 heterocycles. The van der Waals surface area contributed by atoms with Gasteiger partial charge in [0.25, 0.3) is 10.0 Å². The largest absolute Gasteiger partial charge is 0.494 e. The molecule has 204 valence electrons. The van der Waals surface area contributed by atoms with E-state index in [1.807, 2.05) is 49.4 Å². The molecule has 0 radical (unpaired) electrons. The lowest BCUT2D eigenvalue weighted by Gasteiger charge is -2.37. The van der Waals surface area contributed by atoms with Gasteiger partial charge in [0, 0.05) is 17.3 Å². The average Bonchev–Trinajstić information content (AvgIpc) is 3.48. The SMILES string of the molecule is CCOc1ccc(NS(=O)(=O)c2ccc3c(c2)C2C=CCC2C(c2ccc(OCc4ccccc4)cc2)N3)cc1. The van der Waals surface area contributed by atoms with Crippen LogP contribution < -0.4 is 19.5 Å². The lowest BCUT2D eigenvalue weighted by molar-refractivity contribution is 0.306. The molecule has 4 aromatic carbocycles. The normalized spacial score (nSPS) is 19.3. The zero-order valence-corrected chi connectivity index (χ0v) is 23.1. The van der Waals surface area contributed by atoms with Gasteiger partial charge in [-0.25, -0.2) is 8.42 Å². The molecule has 7 heteroatoms. The molecule has 0 saturated heterocycles. The van der Waals surface area contributed by atoms with E-state index in [0.29, 0.717) is 30.6 Å². The number of ether oxygens (including phenoxy) is 2. The highest BCUT2D eigenvalue weighted by molar-refractivity contribution is 7.92. The Morgan fingerprint density at radius 3 is 2.35 bits per heavy atom. The van der Waals surface area contributed by atoms with E-state index in [4.69, 9.17) is 9.47 Å². The zero-order valence-electron chi connectivity index (χ0n) is 22.3. The Labute approximate surface area is 235 Å². The predicted octanol–water partition coefficient (Wildman–Crippen LogP) is 7.29. The molecule has 2 aliphatic rings. The quantitative estimate of drug-likeness (QED) is 0.213. The van der Waals surface area contributed by atoms with Crippen LogP contribution in [0.4, 0.5) is 11.4 Å². The molecule has 40 heavy (non-hydrogen) atoms. The van der Waals surface area contributed by atoms with E-state index in [9.17, 15) is 8.42 Å². The molecule has 0 fully saturated rings. The number of sulfonamides is 1. The molecule has 4 aromatic rings. The van der Waals surface area contributed by atoms with Crippen LogP contribution in [0.5, 0.6) is 11.5 Å². The summed E-state index contributed by atoms with van der Waals surface area (Å²) in [7, 11) is -3.75. The molecular weight excluding hydrogens is 520 g/mol. The molecule has 0 amide bonds. The summed E-state index contributed by atoms with van der Waals surface area (Å²) in [5.41, 5.74) is 4.78. The Bertz CT molecular complexity index is 1600. The first-order valence-corrected chi connectivity index (χ1v) is 15.1. The summed E-state index contributed by atoms with van der Waals surface area (Å²) in [6.07, 6.45) is 5.34. The van der Waals surface area contributed by atoms with Gasteiger partial charge in [-0.05, 0) is 90.6 Å². The number of nitrogens with one attached hydrogen (secondary N) is 2. The van der Waals surface area contributed by atoms with Gasteiger partial charge in [0.1, 0.15) is 18.1 Å². The van der Waals surface area contributed by atoms with Crippen molar-refractivity contribution >= 4 is 21.4 Å². The Morgan fingerprint density at radius 1 is 0.875 bits per heavy atom. The van der Waals surface area contributed by atoms with Gasteiger partial charge in [-0.15, -0.1) is 0 Å². The highest BCUT2D eigenvalue weighted by Gasteiger charge is 2.38. The summed E-state index contributed by atoms with van der Waals surface area (Å²) < 4.78 is 40.7. The van der Waals surface area contributed by atoms with E-state index in [0.717, 1.165) is 29.0 Å². The fourth-order valence-corrected chi connectivity index (χ4v) is 6.68. The molecule has 0 bridgehead atoms. The number of anilines is 2. The van der Waals surface area contributed by atoms with E-state index in [1.54, 1.807) is 30.3 Å². The lowest BCUT2D eigenvalue weighted by atomic mass is 9.77. The smallest absolute Gasteiger partial charge is 0.261 e. The lowest BCUT2D eigenvalue weighted by Crippen LogP contribution is -2.29. The van der Waals surface area contributed by atoms with Crippen molar-refractivity contribution < 1.29 is 17.9 Å². The van der Waals surface area contributed by atoms with Gasteiger partial charge in [-0.3, -0.25) is 4.72 Å². The standard InChI is InChI=1S/C33H32N2O4S/c1-2-38-26-17-13-25(14-18-26)35-40(36,37)28-19-20-32-31(21-28)29-9-6-10-30(29)33(34-32)24-11-15-27(16-12-24)39-22-23-7-4-3-5-8-23/h3-9,11-21,29-30,33-35H,2,10,22H2,1H3. The minimum atomic E-state index is -3.75.